The topological polar surface area (TPSA) is 105 Å². The molecule has 188 valence electrons. The van der Waals surface area contributed by atoms with E-state index in [1.165, 1.54) is 0 Å². The van der Waals surface area contributed by atoms with Crippen molar-refractivity contribution in [3.63, 3.8) is 0 Å². The molecule has 1 aliphatic rings. The highest BCUT2D eigenvalue weighted by Crippen LogP contribution is 2.39. The molecule has 0 bridgehead atoms. The second-order valence-corrected chi connectivity index (χ2v) is 10.9. The highest BCUT2D eigenvalue weighted by atomic mass is 32.2. The summed E-state index contributed by atoms with van der Waals surface area (Å²) in [5.74, 6) is -0.829. The third kappa shape index (κ3) is 6.42. The number of nitrogens with one attached hydrogen (secondary N) is 2. The summed E-state index contributed by atoms with van der Waals surface area (Å²) in [4.78, 5) is 28.1. The Morgan fingerprint density at radius 2 is 1.74 bits per heavy atom. The second-order valence-electron chi connectivity index (χ2n) is 9.19. The Labute approximate surface area is 207 Å². The van der Waals surface area contributed by atoms with Gasteiger partial charge in [-0.3, -0.25) is 9.59 Å². The van der Waals surface area contributed by atoms with Crippen molar-refractivity contribution in [3.8, 4) is 5.75 Å². The number of nitrogens with zero attached hydrogens (tertiary/aromatic N) is 1. The SMILES string of the molecule is CCCCOc1ccc([C@]2(C)CC(c3ccc(N(C)C)cc3)=C(C(=O)NS(C)(=O)=O)C(=O)N2)cc1. The lowest BCUT2D eigenvalue weighted by Crippen LogP contribution is -2.50. The third-order valence-electron chi connectivity index (χ3n) is 5.94. The van der Waals surface area contributed by atoms with Crippen LogP contribution in [0.1, 0.15) is 44.2 Å². The van der Waals surface area contributed by atoms with E-state index in [-0.39, 0.29) is 5.57 Å². The standard InChI is InChI=1S/C26H33N3O5S/c1-6-7-16-34-21-14-10-19(11-15-21)26(2)17-22(18-8-12-20(13-9-18)29(3)4)23(24(30)27-26)25(31)28-35(5,32)33/h8-15H,6-7,16-17H2,1-5H3,(H,27,30)(H,28,31)/t26-/m0/s1. The number of carbonyl (C=O) groups excluding carboxylic acids is 2. The summed E-state index contributed by atoms with van der Waals surface area (Å²) < 4.78 is 31.1. The lowest BCUT2D eigenvalue weighted by Gasteiger charge is -2.37. The molecule has 0 radical (unpaired) electrons. The van der Waals surface area contributed by atoms with E-state index in [1.807, 2.05) is 79.2 Å². The summed E-state index contributed by atoms with van der Waals surface area (Å²) in [5.41, 5.74) is 1.94. The maximum Gasteiger partial charge on any atom is 0.270 e. The Bertz CT molecular complexity index is 1220. The molecule has 1 atom stereocenters. The first-order valence-electron chi connectivity index (χ1n) is 11.5. The molecule has 2 N–H and O–H groups in total. The average molecular weight is 500 g/mol. The van der Waals surface area contributed by atoms with E-state index in [0.717, 1.165) is 36.1 Å². The first-order valence-corrected chi connectivity index (χ1v) is 13.4. The number of anilines is 1. The van der Waals surface area contributed by atoms with E-state index in [2.05, 4.69) is 12.2 Å². The molecule has 0 saturated carbocycles. The molecule has 0 fully saturated rings. The third-order valence-corrected chi connectivity index (χ3v) is 6.50. The number of hydrogen-bond acceptors (Lipinski definition) is 6. The summed E-state index contributed by atoms with van der Waals surface area (Å²) in [5, 5.41) is 2.93. The summed E-state index contributed by atoms with van der Waals surface area (Å²) in [6.07, 6.45) is 3.19. The number of sulfonamides is 1. The van der Waals surface area contributed by atoms with E-state index in [1.54, 1.807) is 0 Å². The largest absolute Gasteiger partial charge is 0.494 e. The van der Waals surface area contributed by atoms with Gasteiger partial charge in [0, 0.05) is 26.2 Å². The fourth-order valence-corrected chi connectivity index (χ4v) is 4.47. The molecule has 0 aliphatic carbocycles. The van der Waals surface area contributed by atoms with Gasteiger partial charge in [-0.05, 0) is 54.3 Å². The van der Waals surface area contributed by atoms with E-state index < -0.39 is 27.4 Å². The van der Waals surface area contributed by atoms with Gasteiger partial charge in [0.2, 0.25) is 10.0 Å². The molecule has 9 heteroatoms. The minimum Gasteiger partial charge on any atom is -0.494 e. The van der Waals surface area contributed by atoms with Gasteiger partial charge in [-0.2, -0.15) is 0 Å². The van der Waals surface area contributed by atoms with Gasteiger partial charge in [-0.1, -0.05) is 37.6 Å². The molecule has 1 aliphatic heterocycles. The second kappa shape index (κ2) is 10.5. The van der Waals surface area contributed by atoms with Crippen LogP contribution in [0.3, 0.4) is 0 Å². The zero-order valence-corrected chi connectivity index (χ0v) is 21.7. The van der Waals surface area contributed by atoms with Crippen LogP contribution in [0.2, 0.25) is 0 Å². The van der Waals surface area contributed by atoms with E-state index in [4.69, 9.17) is 4.74 Å². The van der Waals surface area contributed by atoms with Crippen molar-refractivity contribution < 1.29 is 22.7 Å². The lowest BCUT2D eigenvalue weighted by molar-refractivity contribution is -0.124. The predicted octanol–water partition coefficient (Wildman–Crippen LogP) is 3.20. The first-order chi connectivity index (χ1) is 16.4. The van der Waals surface area contributed by atoms with Crippen LogP contribution < -0.4 is 19.7 Å². The quantitative estimate of drug-likeness (QED) is 0.406. The first kappa shape index (κ1) is 26.3. The zero-order valence-electron chi connectivity index (χ0n) is 20.8. The Kier molecular flexibility index (Phi) is 7.90. The van der Waals surface area contributed by atoms with E-state index >= 15 is 0 Å². The van der Waals surface area contributed by atoms with Gasteiger partial charge in [0.1, 0.15) is 11.3 Å². The number of ether oxygens (including phenoxy) is 1. The number of unbranched alkanes of at least 4 members (excludes halogenated alkanes) is 1. The van der Waals surface area contributed by atoms with Gasteiger partial charge >= 0.3 is 0 Å². The van der Waals surface area contributed by atoms with Crippen molar-refractivity contribution >= 4 is 33.1 Å². The van der Waals surface area contributed by atoms with Crippen molar-refractivity contribution in [1.82, 2.24) is 10.0 Å². The molecule has 2 aromatic rings. The Balaban J connectivity index is 2.02. The Morgan fingerprint density at radius 1 is 1.11 bits per heavy atom. The number of benzene rings is 2. The normalized spacial score (nSPS) is 18.1. The predicted molar refractivity (Wildman–Crippen MR) is 138 cm³/mol. The van der Waals surface area contributed by atoms with Crippen LogP contribution in [0, 0.1) is 0 Å². The molecular formula is C26H33N3O5S. The minimum absolute atomic E-state index is 0.204. The van der Waals surface area contributed by atoms with Crippen LogP contribution >= 0.6 is 0 Å². The maximum absolute atomic E-state index is 13.3. The number of hydrogen-bond donors (Lipinski definition) is 2. The fourth-order valence-electron chi connectivity index (χ4n) is 4.03. The molecule has 35 heavy (non-hydrogen) atoms. The lowest BCUT2D eigenvalue weighted by atomic mass is 9.78. The molecule has 3 rings (SSSR count). The molecule has 2 amide bonds. The average Bonchev–Trinajstić information content (AvgIpc) is 2.78. The summed E-state index contributed by atoms with van der Waals surface area (Å²) in [7, 11) is -0.0161. The zero-order chi connectivity index (χ0) is 25.8. The van der Waals surface area contributed by atoms with Crippen LogP contribution in [0.5, 0.6) is 5.75 Å². The van der Waals surface area contributed by atoms with Gasteiger partial charge < -0.3 is 15.0 Å². The van der Waals surface area contributed by atoms with Gasteiger partial charge in [0.25, 0.3) is 11.8 Å². The van der Waals surface area contributed by atoms with Gasteiger partial charge in [-0.25, -0.2) is 13.1 Å². The van der Waals surface area contributed by atoms with E-state index in [0.29, 0.717) is 24.2 Å². The van der Waals surface area contributed by atoms with Crippen molar-refractivity contribution in [3.05, 3.63) is 65.2 Å². The van der Waals surface area contributed by atoms with Gasteiger partial charge in [0.05, 0.1) is 18.4 Å². The van der Waals surface area contributed by atoms with Crippen molar-refractivity contribution in [2.24, 2.45) is 0 Å². The molecular weight excluding hydrogens is 466 g/mol. The highest BCUT2D eigenvalue weighted by molar-refractivity contribution is 7.89. The molecule has 1 heterocycles. The van der Waals surface area contributed by atoms with Crippen molar-refractivity contribution in [2.75, 3.05) is 31.9 Å². The highest BCUT2D eigenvalue weighted by Gasteiger charge is 2.40. The van der Waals surface area contributed by atoms with E-state index in [9.17, 15) is 18.0 Å². The molecule has 2 aromatic carbocycles. The summed E-state index contributed by atoms with van der Waals surface area (Å²) in [6.45, 7) is 4.62. The molecule has 0 aromatic heterocycles. The summed E-state index contributed by atoms with van der Waals surface area (Å²) in [6, 6.07) is 15.0. The number of amides is 2. The molecule has 8 nitrogen and oxygen atoms in total. The van der Waals surface area contributed by atoms with Gasteiger partial charge in [-0.15, -0.1) is 0 Å². The van der Waals surface area contributed by atoms with Crippen LogP contribution in [-0.2, 0) is 25.2 Å². The van der Waals surface area contributed by atoms with Crippen molar-refractivity contribution in [2.45, 2.75) is 38.6 Å². The number of carbonyl (C=O) groups is 2. The van der Waals surface area contributed by atoms with Crippen LogP contribution in [0.15, 0.2) is 54.1 Å². The molecule has 0 saturated heterocycles. The Morgan fingerprint density at radius 3 is 2.29 bits per heavy atom. The Hall–Kier alpha value is -3.33. The smallest absolute Gasteiger partial charge is 0.270 e. The molecule has 0 spiro atoms. The van der Waals surface area contributed by atoms with Crippen LogP contribution in [0.4, 0.5) is 5.69 Å². The number of rotatable bonds is 9. The van der Waals surface area contributed by atoms with Crippen LogP contribution in [0.25, 0.3) is 5.57 Å². The van der Waals surface area contributed by atoms with Gasteiger partial charge in [0.15, 0.2) is 0 Å². The molecule has 0 unspecified atom stereocenters. The fraction of sp³-hybridized carbons (Fsp3) is 0.385. The van der Waals surface area contributed by atoms with Crippen LogP contribution in [-0.4, -0.2) is 47.2 Å². The maximum atomic E-state index is 13.3. The van der Waals surface area contributed by atoms with Crippen molar-refractivity contribution in [1.29, 1.82) is 0 Å². The summed E-state index contributed by atoms with van der Waals surface area (Å²) >= 11 is 0. The monoisotopic (exact) mass is 499 g/mol. The minimum atomic E-state index is -3.85.